The van der Waals surface area contributed by atoms with Crippen molar-refractivity contribution < 1.29 is 9.59 Å². The third-order valence-electron chi connectivity index (χ3n) is 2.34. The maximum atomic E-state index is 12.0. The van der Waals surface area contributed by atoms with Crippen LogP contribution in [0.1, 0.15) is 20.7 Å². The number of halogens is 2. The molecule has 0 aliphatic rings. The quantitative estimate of drug-likeness (QED) is 0.911. The number of nitrogens with two attached hydrogens (primary N) is 1. The third kappa shape index (κ3) is 3.07. The molecule has 0 aliphatic carbocycles. The zero-order chi connectivity index (χ0) is 14.0. The minimum atomic E-state index is -0.592. The van der Waals surface area contributed by atoms with Gasteiger partial charge < -0.3 is 11.1 Å². The highest BCUT2D eigenvalue weighted by Gasteiger charge is 2.14. The van der Waals surface area contributed by atoms with Crippen LogP contribution in [0.15, 0.2) is 29.6 Å². The Hall–Kier alpha value is -1.56. The number of hydrogen-bond donors (Lipinski definition) is 2. The van der Waals surface area contributed by atoms with Crippen LogP contribution in [0.3, 0.4) is 0 Å². The van der Waals surface area contributed by atoms with Crippen LogP contribution in [0, 0.1) is 0 Å². The van der Waals surface area contributed by atoms with E-state index in [1.165, 1.54) is 23.5 Å². The Morgan fingerprint density at radius 1 is 1.16 bits per heavy atom. The van der Waals surface area contributed by atoms with E-state index in [0.717, 1.165) is 0 Å². The number of anilines is 1. The Morgan fingerprint density at radius 3 is 2.53 bits per heavy atom. The average Bonchev–Trinajstić information content (AvgIpc) is 2.80. The molecular formula is C12H8Cl2N2O2S. The fourth-order valence-corrected chi connectivity index (χ4v) is 2.50. The Bertz CT molecular complexity index is 655. The molecule has 19 heavy (non-hydrogen) atoms. The second-order valence-corrected chi connectivity index (χ2v) is 5.34. The highest BCUT2D eigenvalue weighted by molar-refractivity contribution is 7.14. The summed E-state index contributed by atoms with van der Waals surface area (Å²) in [4.78, 5) is 23.1. The highest BCUT2D eigenvalue weighted by Crippen LogP contribution is 2.25. The number of carbonyl (C=O) groups is 2. The number of rotatable bonds is 3. The van der Waals surface area contributed by atoms with Gasteiger partial charge in [-0.2, -0.15) is 0 Å². The van der Waals surface area contributed by atoms with Gasteiger partial charge in [-0.25, -0.2) is 0 Å². The van der Waals surface area contributed by atoms with Crippen molar-refractivity contribution in [3.63, 3.8) is 0 Å². The van der Waals surface area contributed by atoms with E-state index >= 15 is 0 Å². The molecule has 98 valence electrons. The lowest BCUT2D eigenvalue weighted by atomic mass is 10.2. The first-order valence-corrected chi connectivity index (χ1v) is 6.76. The monoisotopic (exact) mass is 314 g/mol. The number of benzene rings is 1. The van der Waals surface area contributed by atoms with Gasteiger partial charge in [-0.05, 0) is 29.6 Å². The van der Waals surface area contributed by atoms with E-state index in [1.54, 1.807) is 17.5 Å². The zero-order valence-corrected chi connectivity index (χ0v) is 11.8. The molecule has 1 aromatic carbocycles. The molecule has 0 bridgehead atoms. The van der Waals surface area contributed by atoms with Crippen LogP contribution in [-0.2, 0) is 0 Å². The van der Waals surface area contributed by atoms with Gasteiger partial charge in [0.2, 0.25) is 0 Å². The second kappa shape index (κ2) is 5.61. The van der Waals surface area contributed by atoms with Crippen LogP contribution >= 0.6 is 34.5 Å². The van der Waals surface area contributed by atoms with E-state index in [1.807, 2.05) is 0 Å². The lowest BCUT2D eigenvalue weighted by molar-refractivity contribution is 0.100. The number of thiophene rings is 1. The number of carbonyl (C=O) groups excluding carboxylic acids is 2. The molecule has 0 saturated heterocycles. The van der Waals surface area contributed by atoms with Crippen molar-refractivity contribution in [1.29, 1.82) is 0 Å². The highest BCUT2D eigenvalue weighted by atomic mass is 35.5. The molecule has 1 heterocycles. The molecule has 2 rings (SSSR count). The van der Waals surface area contributed by atoms with Gasteiger partial charge in [0.1, 0.15) is 5.00 Å². The summed E-state index contributed by atoms with van der Waals surface area (Å²) in [5.41, 5.74) is 5.82. The topological polar surface area (TPSA) is 72.2 Å². The molecule has 0 atom stereocenters. The fourth-order valence-electron chi connectivity index (χ4n) is 1.41. The third-order valence-corrected chi connectivity index (χ3v) is 3.91. The minimum absolute atomic E-state index is 0.276. The molecule has 0 fully saturated rings. The van der Waals surface area contributed by atoms with E-state index in [-0.39, 0.29) is 16.5 Å². The standard InChI is InChI=1S/C12H8Cl2N2O2S/c13-8-2-1-6(5-9(8)14)11(18)16-12-7(10(15)17)3-4-19-12/h1-5H,(H2,15,17)(H,16,18). The first-order valence-electron chi connectivity index (χ1n) is 5.12. The molecule has 3 N–H and O–H groups in total. The van der Waals surface area contributed by atoms with Crippen molar-refractivity contribution in [2.45, 2.75) is 0 Å². The summed E-state index contributed by atoms with van der Waals surface area (Å²) in [5, 5.41) is 5.34. The van der Waals surface area contributed by atoms with Crippen molar-refractivity contribution in [3.05, 3.63) is 50.8 Å². The van der Waals surface area contributed by atoms with Gasteiger partial charge in [-0.15, -0.1) is 11.3 Å². The van der Waals surface area contributed by atoms with Gasteiger partial charge >= 0.3 is 0 Å². The van der Waals surface area contributed by atoms with Crippen molar-refractivity contribution in [2.75, 3.05) is 5.32 Å². The van der Waals surface area contributed by atoms with Gasteiger partial charge in [0.15, 0.2) is 0 Å². The lowest BCUT2D eigenvalue weighted by Gasteiger charge is -2.05. The molecule has 0 saturated carbocycles. The van der Waals surface area contributed by atoms with Crippen LogP contribution in [0.4, 0.5) is 5.00 Å². The maximum absolute atomic E-state index is 12.0. The van der Waals surface area contributed by atoms with Crippen molar-refractivity contribution in [2.24, 2.45) is 5.73 Å². The Morgan fingerprint density at radius 2 is 1.89 bits per heavy atom. The Balaban J connectivity index is 2.23. The van der Waals surface area contributed by atoms with Gasteiger partial charge in [-0.3, -0.25) is 9.59 Å². The second-order valence-electron chi connectivity index (χ2n) is 3.61. The summed E-state index contributed by atoms with van der Waals surface area (Å²) < 4.78 is 0. The summed E-state index contributed by atoms with van der Waals surface area (Å²) in [7, 11) is 0. The molecule has 0 aliphatic heterocycles. The van der Waals surface area contributed by atoms with E-state index in [2.05, 4.69) is 5.32 Å². The number of hydrogen-bond acceptors (Lipinski definition) is 3. The van der Waals surface area contributed by atoms with Gasteiger partial charge in [-0.1, -0.05) is 23.2 Å². The number of primary amides is 1. The van der Waals surface area contributed by atoms with Gasteiger partial charge in [0.05, 0.1) is 15.6 Å². The van der Waals surface area contributed by atoms with Gasteiger partial charge in [0, 0.05) is 5.56 Å². The molecule has 4 nitrogen and oxygen atoms in total. The Kier molecular flexibility index (Phi) is 4.09. The molecule has 1 aromatic heterocycles. The van der Waals surface area contributed by atoms with E-state index < -0.39 is 5.91 Å². The van der Waals surface area contributed by atoms with Crippen LogP contribution in [0.5, 0.6) is 0 Å². The van der Waals surface area contributed by atoms with E-state index in [9.17, 15) is 9.59 Å². The normalized spacial score (nSPS) is 10.2. The largest absolute Gasteiger partial charge is 0.366 e. The van der Waals surface area contributed by atoms with E-state index in [0.29, 0.717) is 15.6 Å². The summed E-state index contributed by atoms with van der Waals surface area (Å²) in [6.45, 7) is 0. The molecular weight excluding hydrogens is 307 g/mol. The molecule has 2 amide bonds. The van der Waals surface area contributed by atoms with Gasteiger partial charge in [0.25, 0.3) is 11.8 Å². The summed E-state index contributed by atoms with van der Waals surface area (Å²) in [5.74, 6) is -0.978. The smallest absolute Gasteiger partial charge is 0.256 e. The minimum Gasteiger partial charge on any atom is -0.366 e. The van der Waals surface area contributed by atoms with Crippen molar-refractivity contribution in [1.82, 2.24) is 0 Å². The SMILES string of the molecule is NC(=O)c1ccsc1NC(=O)c1ccc(Cl)c(Cl)c1. The fraction of sp³-hybridized carbons (Fsp3) is 0. The first kappa shape index (κ1) is 13.9. The van der Waals surface area contributed by atoms with Crippen molar-refractivity contribution in [3.8, 4) is 0 Å². The lowest BCUT2D eigenvalue weighted by Crippen LogP contribution is -2.16. The maximum Gasteiger partial charge on any atom is 0.256 e. The first-order chi connectivity index (χ1) is 8.99. The van der Waals surface area contributed by atoms with Crippen LogP contribution in [0.25, 0.3) is 0 Å². The van der Waals surface area contributed by atoms with Crippen LogP contribution in [0.2, 0.25) is 10.0 Å². The number of nitrogens with one attached hydrogen (secondary N) is 1. The van der Waals surface area contributed by atoms with Crippen LogP contribution < -0.4 is 11.1 Å². The molecule has 2 aromatic rings. The number of amides is 2. The van der Waals surface area contributed by atoms with Crippen molar-refractivity contribution >= 4 is 51.4 Å². The molecule has 0 spiro atoms. The van der Waals surface area contributed by atoms with Crippen LogP contribution in [-0.4, -0.2) is 11.8 Å². The molecule has 0 unspecified atom stereocenters. The summed E-state index contributed by atoms with van der Waals surface area (Å²) in [6.07, 6.45) is 0. The Labute approximate surface area is 123 Å². The average molecular weight is 315 g/mol. The predicted octanol–water partition coefficient (Wildman–Crippen LogP) is 3.41. The summed E-state index contributed by atoms with van der Waals surface area (Å²) >= 11 is 12.8. The predicted molar refractivity (Wildman–Crippen MR) is 77.3 cm³/mol. The van der Waals surface area contributed by atoms with E-state index in [4.69, 9.17) is 28.9 Å². The zero-order valence-electron chi connectivity index (χ0n) is 9.44. The summed E-state index contributed by atoms with van der Waals surface area (Å²) in [6, 6.07) is 6.08. The molecule has 0 radical (unpaired) electrons. The molecule has 7 heteroatoms.